The molecule has 1 N–H and O–H groups in total. The Morgan fingerprint density at radius 2 is 1.83 bits per heavy atom. The third-order valence-electron chi connectivity index (χ3n) is 9.01. The summed E-state index contributed by atoms with van der Waals surface area (Å²) in [5, 5.41) is 12.3. The molecule has 1 aliphatic carbocycles. The van der Waals surface area contributed by atoms with Crippen molar-refractivity contribution in [2.24, 2.45) is 5.92 Å². The Morgan fingerprint density at radius 1 is 1.12 bits per heavy atom. The lowest BCUT2D eigenvalue weighted by atomic mass is 9.80. The van der Waals surface area contributed by atoms with Gasteiger partial charge in [-0.2, -0.15) is 5.26 Å². The standard InChI is InChI=1S/C31H42FN5O4/c1-31(2,3)41-30(40)34-25(28(38)36-15-7-10-23(36)17-33)19-35-18-24-16-26(35)29(39)37(24)27(20-8-5-4-6-9-20)21-11-13-22(32)14-12-21/h11-14,20,23-27H,4-10,15-16,18-19H2,1-3H3,(H,34,40)/t23-,24-,25-,26-,27-/m0/s1. The van der Waals surface area contributed by atoms with E-state index in [-0.39, 0.29) is 36.3 Å². The first-order chi connectivity index (χ1) is 19.6. The summed E-state index contributed by atoms with van der Waals surface area (Å²) in [7, 11) is 0. The van der Waals surface area contributed by atoms with E-state index in [2.05, 4.69) is 11.4 Å². The SMILES string of the molecule is CC(C)(C)OC(=O)N[C@@H](CN1C[C@@H]2C[C@H]1C(=O)N2[C@H](c1ccc(F)cc1)C1CCCCC1)C(=O)N1CCC[C@H]1C#N. The van der Waals surface area contributed by atoms with E-state index in [9.17, 15) is 24.0 Å². The van der Waals surface area contributed by atoms with Gasteiger partial charge in [-0.25, -0.2) is 9.18 Å². The number of nitrogens with one attached hydrogen (secondary N) is 1. The van der Waals surface area contributed by atoms with E-state index in [1.165, 1.54) is 23.5 Å². The number of benzene rings is 1. The van der Waals surface area contributed by atoms with Gasteiger partial charge in [-0.05, 0) is 76.5 Å². The molecule has 4 aliphatic rings. The van der Waals surface area contributed by atoms with Gasteiger partial charge in [0.05, 0.1) is 18.2 Å². The Balaban J connectivity index is 1.34. The van der Waals surface area contributed by atoms with Crippen molar-refractivity contribution in [3.8, 4) is 6.07 Å². The molecule has 1 aromatic rings. The van der Waals surface area contributed by atoms with Crippen molar-refractivity contribution < 1.29 is 23.5 Å². The van der Waals surface area contributed by atoms with Gasteiger partial charge in [-0.3, -0.25) is 14.5 Å². The number of nitrogens with zero attached hydrogens (tertiary/aromatic N) is 4. The second-order valence-corrected chi connectivity index (χ2v) is 13.0. The van der Waals surface area contributed by atoms with Crippen molar-refractivity contribution in [2.45, 2.75) is 108 Å². The Hall–Kier alpha value is -3.19. The second kappa shape index (κ2) is 12.0. The topological polar surface area (TPSA) is 106 Å². The quantitative estimate of drug-likeness (QED) is 0.531. The molecule has 3 saturated heterocycles. The van der Waals surface area contributed by atoms with E-state index in [1.54, 1.807) is 20.8 Å². The van der Waals surface area contributed by atoms with Crippen LogP contribution in [0.4, 0.5) is 9.18 Å². The van der Waals surface area contributed by atoms with Crippen LogP contribution in [0.3, 0.4) is 0 Å². The molecule has 3 aliphatic heterocycles. The molecule has 9 nitrogen and oxygen atoms in total. The van der Waals surface area contributed by atoms with Gasteiger partial charge in [0.1, 0.15) is 23.5 Å². The first-order valence-corrected chi connectivity index (χ1v) is 15.1. The van der Waals surface area contributed by atoms with Crippen LogP contribution in [0.2, 0.25) is 0 Å². The van der Waals surface area contributed by atoms with E-state index < -0.39 is 29.8 Å². The van der Waals surface area contributed by atoms with Gasteiger partial charge >= 0.3 is 6.09 Å². The molecular formula is C31H42FN5O4. The number of rotatable bonds is 7. The smallest absolute Gasteiger partial charge is 0.408 e. The molecule has 5 rings (SSSR count). The highest BCUT2D eigenvalue weighted by molar-refractivity contribution is 5.88. The summed E-state index contributed by atoms with van der Waals surface area (Å²) in [5.41, 5.74) is 0.236. The molecule has 10 heteroatoms. The first kappa shape index (κ1) is 29.3. The average Bonchev–Trinajstić information content (AvgIpc) is 3.64. The highest BCUT2D eigenvalue weighted by Crippen LogP contribution is 2.45. The molecule has 0 radical (unpaired) electrons. The normalized spacial score (nSPS) is 26.6. The van der Waals surface area contributed by atoms with Crippen LogP contribution in [0.15, 0.2) is 24.3 Å². The van der Waals surface area contributed by atoms with Crippen molar-refractivity contribution in [3.63, 3.8) is 0 Å². The summed E-state index contributed by atoms with van der Waals surface area (Å²) in [6.45, 7) is 6.48. The number of fused-ring (bicyclic) bond motifs is 2. The van der Waals surface area contributed by atoms with Gasteiger partial charge in [-0.15, -0.1) is 0 Å². The minimum atomic E-state index is -0.939. The fourth-order valence-electron chi connectivity index (χ4n) is 7.26. The van der Waals surface area contributed by atoms with Crippen LogP contribution in [0.5, 0.6) is 0 Å². The molecule has 2 bridgehead atoms. The summed E-state index contributed by atoms with van der Waals surface area (Å²) in [5.74, 6) is -0.257. The number of nitriles is 1. The highest BCUT2D eigenvalue weighted by atomic mass is 19.1. The number of ether oxygens (including phenoxy) is 1. The molecule has 3 heterocycles. The van der Waals surface area contributed by atoms with Crippen LogP contribution in [-0.2, 0) is 14.3 Å². The monoisotopic (exact) mass is 567 g/mol. The Morgan fingerprint density at radius 3 is 2.46 bits per heavy atom. The van der Waals surface area contributed by atoms with E-state index in [0.29, 0.717) is 31.8 Å². The number of likely N-dealkylation sites (tertiary alicyclic amines) is 3. The van der Waals surface area contributed by atoms with E-state index in [0.717, 1.165) is 37.7 Å². The zero-order valence-electron chi connectivity index (χ0n) is 24.4. The molecule has 1 saturated carbocycles. The zero-order chi connectivity index (χ0) is 29.3. The number of hydrogen-bond acceptors (Lipinski definition) is 6. The van der Waals surface area contributed by atoms with Gasteiger partial charge in [0.15, 0.2) is 0 Å². The van der Waals surface area contributed by atoms with Gasteiger partial charge < -0.3 is 19.9 Å². The predicted octanol–water partition coefficient (Wildman–Crippen LogP) is 4.14. The number of carbonyl (C=O) groups excluding carboxylic acids is 3. The zero-order valence-corrected chi connectivity index (χ0v) is 24.4. The molecular weight excluding hydrogens is 525 g/mol. The molecule has 4 fully saturated rings. The summed E-state index contributed by atoms with van der Waals surface area (Å²) in [6.07, 6.45) is 6.83. The molecule has 222 valence electrons. The van der Waals surface area contributed by atoms with Crippen LogP contribution in [-0.4, -0.2) is 82.0 Å². The lowest BCUT2D eigenvalue weighted by Gasteiger charge is -2.44. The Labute approximate surface area is 242 Å². The van der Waals surface area contributed by atoms with Gasteiger partial charge in [0, 0.05) is 25.7 Å². The van der Waals surface area contributed by atoms with Crippen molar-refractivity contribution in [3.05, 3.63) is 35.6 Å². The lowest BCUT2D eigenvalue weighted by Crippen LogP contribution is -2.59. The van der Waals surface area contributed by atoms with Gasteiger partial charge in [0.2, 0.25) is 11.8 Å². The maximum atomic E-state index is 14.0. The van der Waals surface area contributed by atoms with Crippen molar-refractivity contribution in [1.82, 2.24) is 20.0 Å². The average molecular weight is 568 g/mol. The van der Waals surface area contributed by atoms with Crippen LogP contribution >= 0.6 is 0 Å². The summed E-state index contributed by atoms with van der Waals surface area (Å²) in [6, 6.07) is 6.79. The largest absolute Gasteiger partial charge is 0.444 e. The fraction of sp³-hybridized carbons (Fsp3) is 0.677. The van der Waals surface area contributed by atoms with Crippen molar-refractivity contribution >= 4 is 17.9 Å². The minimum absolute atomic E-state index is 0.0274. The third-order valence-corrected chi connectivity index (χ3v) is 9.01. The molecule has 41 heavy (non-hydrogen) atoms. The van der Waals surface area contributed by atoms with E-state index in [4.69, 9.17) is 4.74 Å². The van der Waals surface area contributed by atoms with Crippen LogP contribution in [0, 0.1) is 23.1 Å². The second-order valence-electron chi connectivity index (χ2n) is 13.0. The first-order valence-electron chi connectivity index (χ1n) is 15.1. The number of halogens is 1. The van der Waals surface area contributed by atoms with Crippen LogP contribution < -0.4 is 5.32 Å². The van der Waals surface area contributed by atoms with E-state index >= 15 is 0 Å². The fourth-order valence-corrected chi connectivity index (χ4v) is 7.26. The Bertz CT molecular complexity index is 1170. The third kappa shape index (κ3) is 6.35. The number of amides is 3. The summed E-state index contributed by atoms with van der Waals surface area (Å²) < 4.78 is 19.2. The van der Waals surface area contributed by atoms with Crippen LogP contribution in [0.1, 0.15) is 83.7 Å². The van der Waals surface area contributed by atoms with E-state index in [1.807, 2.05) is 21.9 Å². The molecule has 0 unspecified atom stereocenters. The molecule has 5 atom stereocenters. The predicted molar refractivity (Wildman–Crippen MR) is 150 cm³/mol. The number of hydrogen-bond donors (Lipinski definition) is 1. The van der Waals surface area contributed by atoms with Gasteiger partial charge in [-0.1, -0.05) is 31.4 Å². The molecule has 3 amide bonds. The molecule has 0 spiro atoms. The number of carbonyl (C=O) groups is 3. The van der Waals surface area contributed by atoms with Gasteiger partial charge in [0.25, 0.3) is 0 Å². The maximum absolute atomic E-state index is 14.0. The number of piperazine rings is 1. The summed E-state index contributed by atoms with van der Waals surface area (Å²) >= 11 is 0. The minimum Gasteiger partial charge on any atom is -0.444 e. The summed E-state index contributed by atoms with van der Waals surface area (Å²) in [4.78, 5) is 45.9. The molecule has 1 aromatic carbocycles. The van der Waals surface area contributed by atoms with Crippen LogP contribution in [0.25, 0.3) is 0 Å². The van der Waals surface area contributed by atoms with Crippen molar-refractivity contribution in [2.75, 3.05) is 19.6 Å². The molecule has 0 aromatic heterocycles. The highest BCUT2D eigenvalue weighted by Gasteiger charge is 2.54. The van der Waals surface area contributed by atoms with Crippen molar-refractivity contribution in [1.29, 1.82) is 5.26 Å². The number of alkyl carbamates (subject to hydrolysis) is 1. The maximum Gasteiger partial charge on any atom is 0.408 e. The Kier molecular flexibility index (Phi) is 8.55. The lowest BCUT2D eigenvalue weighted by molar-refractivity contribution is -0.143.